The zero-order valence-electron chi connectivity index (χ0n) is 13.8. The summed E-state index contributed by atoms with van der Waals surface area (Å²) < 4.78 is 5.23. The summed E-state index contributed by atoms with van der Waals surface area (Å²) in [7, 11) is 1.62. The van der Waals surface area contributed by atoms with Gasteiger partial charge in [-0.2, -0.15) is 0 Å². The molecule has 0 fully saturated rings. The van der Waals surface area contributed by atoms with Crippen molar-refractivity contribution in [1.82, 2.24) is 9.97 Å². The van der Waals surface area contributed by atoms with Crippen molar-refractivity contribution in [1.29, 1.82) is 0 Å². The standard InChI is InChI=1S/C18H18N4O2/c1-11-4-5-13(21-12(2)23)8-16(11)22-18-15-7-6-14(24-3)9-17(15)19-10-20-18/h4-10H,1-3H3,(H,21,23)(H,19,20,22). The Kier molecular flexibility index (Phi) is 4.29. The van der Waals surface area contributed by atoms with Crippen molar-refractivity contribution in [2.24, 2.45) is 0 Å². The summed E-state index contributed by atoms with van der Waals surface area (Å²) in [5.41, 5.74) is 3.44. The van der Waals surface area contributed by atoms with Crippen LogP contribution in [0.4, 0.5) is 17.2 Å². The molecule has 0 unspecified atom stereocenters. The number of carbonyl (C=O) groups is 1. The lowest BCUT2D eigenvalue weighted by molar-refractivity contribution is -0.114. The van der Waals surface area contributed by atoms with Gasteiger partial charge in [0.25, 0.3) is 0 Å². The number of carbonyl (C=O) groups excluding carboxylic acids is 1. The average molecular weight is 322 g/mol. The maximum atomic E-state index is 11.2. The topological polar surface area (TPSA) is 76.1 Å². The second kappa shape index (κ2) is 6.54. The van der Waals surface area contributed by atoms with Crippen LogP contribution in [0.2, 0.25) is 0 Å². The minimum absolute atomic E-state index is 0.107. The van der Waals surface area contributed by atoms with Gasteiger partial charge in [-0.1, -0.05) is 6.07 Å². The molecule has 2 aromatic carbocycles. The van der Waals surface area contributed by atoms with Crippen molar-refractivity contribution in [3.63, 3.8) is 0 Å². The molecule has 3 aromatic rings. The van der Waals surface area contributed by atoms with Gasteiger partial charge in [0, 0.05) is 29.8 Å². The first kappa shape index (κ1) is 15.7. The summed E-state index contributed by atoms with van der Waals surface area (Å²) in [5.74, 6) is 1.34. The minimum Gasteiger partial charge on any atom is -0.497 e. The molecule has 3 rings (SSSR count). The first-order chi connectivity index (χ1) is 11.6. The number of rotatable bonds is 4. The molecule has 0 aliphatic heterocycles. The van der Waals surface area contributed by atoms with Crippen LogP contribution in [0.15, 0.2) is 42.7 Å². The monoisotopic (exact) mass is 322 g/mol. The van der Waals surface area contributed by atoms with Gasteiger partial charge in [-0.15, -0.1) is 0 Å². The molecule has 2 N–H and O–H groups in total. The van der Waals surface area contributed by atoms with E-state index in [1.165, 1.54) is 13.3 Å². The van der Waals surface area contributed by atoms with E-state index in [9.17, 15) is 4.79 Å². The number of methoxy groups -OCH3 is 1. The Bertz CT molecular complexity index is 909. The van der Waals surface area contributed by atoms with Gasteiger partial charge in [0.15, 0.2) is 0 Å². The number of aryl methyl sites for hydroxylation is 1. The molecule has 0 saturated carbocycles. The van der Waals surface area contributed by atoms with Crippen LogP contribution >= 0.6 is 0 Å². The number of hydrogen-bond acceptors (Lipinski definition) is 5. The highest BCUT2D eigenvalue weighted by Gasteiger charge is 2.08. The number of fused-ring (bicyclic) bond motifs is 1. The molecule has 0 aliphatic rings. The van der Waals surface area contributed by atoms with Gasteiger partial charge in [-0.3, -0.25) is 4.79 Å². The number of benzene rings is 2. The quantitative estimate of drug-likeness (QED) is 0.767. The van der Waals surface area contributed by atoms with Gasteiger partial charge >= 0.3 is 0 Å². The Labute approximate surface area is 139 Å². The van der Waals surface area contributed by atoms with E-state index in [2.05, 4.69) is 20.6 Å². The Balaban J connectivity index is 1.99. The van der Waals surface area contributed by atoms with Gasteiger partial charge in [-0.25, -0.2) is 9.97 Å². The minimum atomic E-state index is -0.107. The maximum absolute atomic E-state index is 11.2. The summed E-state index contributed by atoms with van der Waals surface area (Å²) in [4.78, 5) is 19.9. The Hall–Kier alpha value is -3.15. The fourth-order valence-electron chi connectivity index (χ4n) is 2.43. The lowest BCUT2D eigenvalue weighted by atomic mass is 10.1. The molecule has 0 radical (unpaired) electrons. The molecule has 6 nitrogen and oxygen atoms in total. The van der Waals surface area contributed by atoms with Crippen LogP contribution < -0.4 is 15.4 Å². The van der Waals surface area contributed by atoms with Crippen LogP contribution in [0, 0.1) is 6.92 Å². The van der Waals surface area contributed by atoms with Gasteiger partial charge in [-0.05, 0) is 36.8 Å². The fraction of sp³-hybridized carbons (Fsp3) is 0.167. The number of aromatic nitrogens is 2. The van der Waals surface area contributed by atoms with Gasteiger partial charge in [0.1, 0.15) is 17.9 Å². The molecule has 1 aromatic heterocycles. The van der Waals surface area contributed by atoms with Crippen LogP contribution in [0.3, 0.4) is 0 Å². The van der Waals surface area contributed by atoms with Crippen LogP contribution in [-0.4, -0.2) is 23.0 Å². The number of hydrogen-bond donors (Lipinski definition) is 2. The molecule has 1 amide bonds. The zero-order valence-corrected chi connectivity index (χ0v) is 13.8. The Morgan fingerprint density at radius 1 is 1.12 bits per heavy atom. The molecule has 6 heteroatoms. The molecule has 0 atom stereocenters. The van der Waals surface area contributed by atoms with E-state index in [0.29, 0.717) is 5.82 Å². The molecule has 0 spiro atoms. The molecule has 122 valence electrons. The third-order valence-electron chi connectivity index (χ3n) is 3.65. The molecular weight excluding hydrogens is 304 g/mol. The SMILES string of the molecule is COc1ccc2c(Nc3cc(NC(C)=O)ccc3C)ncnc2c1. The number of nitrogens with one attached hydrogen (secondary N) is 2. The summed E-state index contributed by atoms with van der Waals surface area (Å²) in [5, 5.41) is 7.00. The number of anilines is 3. The molecule has 1 heterocycles. The third-order valence-corrected chi connectivity index (χ3v) is 3.65. The average Bonchev–Trinajstić information content (AvgIpc) is 2.57. The molecule has 0 bridgehead atoms. The smallest absolute Gasteiger partial charge is 0.221 e. The lowest BCUT2D eigenvalue weighted by Crippen LogP contribution is -2.06. The Morgan fingerprint density at radius 3 is 2.71 bits per heavy atom. The van der Waals surface area contributed by atoms with Crippen molar-refractivity contribution in [2.45, 2.75) is 13.8 Å². The van der Waals surface area contributed by atoms with E-state index < -0.39 is 0 Å². The largest absolute Gasteiger partial charge is 0.497 e. The summed E-state index contributed by atoms with van der Waals surface area (Å²) in [6.45, 7) is 3.48. The van der Waals surface area contributed by atoms with E-state index in [-0.39, 0.29) is 5.91 Å². The highest BCUT2D eigenvalue weighted by atomic mass is 16.5. The molecule has 24 heavy (non-hydrogen) atoms. The zero-order chi connectivity index (χ0) is 17.1. The van der Waals surface area contributed by atoms with E-state index >= 15 is 0 Å². The van der Waals surface area contributed by atoms with Crippen molar-refractivity contribution < 1.29 is 9.53 Å². The van der Waals surface area contributed by atoms with Crippen molar-refractivity contribution >= 4 is 34.0 Å². The van der Waals surface area contributed by atoms with Crippen LogP contribution in [0.1, 0.15) is 12.5 Å². The van der Waals surface area contributed by atoms with Crippen LogP contribution in [0.25, 0.3) is 10.9 Å². The van der Waals surface area contributed by atoms with E-state index in [4.69, 9.17) is 4.74 Å². The summed E-state index contributed by atoms with van der Waals surface area (Å²) in [6, 6.07) is 11.4. The number of amides is 1. The van der Waals surface area contributed by atoms with Gasteiger partial charge in [0.05, 0.1) is 12.6 Å². The number of nitrogens with zero attached hydrogens (tertiary/aromatic N) is 2. The second-order valence-corrected chi connectivity index (χ2v) is 5.44. The Morgan fingerprint density at radius 2 is 1.96 bits per heavy atom. The van der Waals surface area contributed by atoms with Crippen molar-refractivity contribution in [2.75, 3.05) is 17.7 Å². The van der Waals surface area contributed by atoms with Gasteiger partial charge < -0.3 is 15.4 Å². The van der Waals surface area contributed by atoms with E-state index in [1.54, 1.807) is 7.11 Å². The molecular formula is C18H18N4O2. The van der Waals surface area contributed by atoms with E-state index in [0.717, 1.165) is 33.6 Å². The first-order valence-electron chi connectivity index (χ1n) is 7.51. The van der Waals surface area contributed by atoms with Crippen LogP contribution in [0.5, 0.6) is 5.75 Å². The predicted octanol–water partition coefficient (Wildman–Crippen LogP) is 3.65. The normalized spacial score (nSPS) is 10.5. The first-order valence-corrected chi connectivity index (χ1v) is 7.51. The summed E-state index contributed by atoms with van der Waals surface area (Å²) >= 11 is 0. The third kappa shape index (κ3) is 3.27. The van der Waals surface area contributed by atoms with E-state index in [1.807, 2.05) is 43.3 Å². The van der Waals surface area contributed by atoms with Crippen molar-refractivity contribution in [3.8, 4) is 5.75 Å². The second-order valence-electron chi connectivity index (χ2n) is 5.44. The fourth-order valence-corrected chi connectivity index (χ4v) is 2.43. The number of ether oxygens (including phenoxy) is 1. The predicted molar refractivity (Wildman–Crippen MR) is 94.9 cm³/mol. The molecule has 0 aliphatic carbocycles. The van der Waals surface area contributed by atoms with Crippen LogP contribution in [-0.2, 0) is 4.79 Å². The van der Waals surface area contributed by atoms with Crippen molar-refractivity contribution in [3.05, 3.63) is 48.3 Å². The lowest BCUT2D eigenvalue weighted by Gasteiger charge is -2.13. The highest BCUT2D eigenvalue weighted by molar-refractivity contribution is 5.93. The summed E-state index contributed by atoms with van der Waals surface area (Å²) in [6.07, 6.45) is 1.51. The maximum Gasteiger partial charge on any atom is 0.221 e. The highest BCUT2D eigenvalue weighted by Crippen LogP contribution is 2.28. The van der Waals surface area contributed by atoms with Gasteiger partial charge in [0.2, 0.25) is 5.91 Å². The molecule has 0 saturated heterocycles.